The fraction of sp³-hybridized carbons (Fsp3) is 0.105. The lowest BCUT2D eigenvalue weighted by Crippen LogP contribution is -2.06. The summed E-state index contributed by atoms with van der Waals surface area (Å²) in [5.41, 5.74) is 2.33. The Kier molecular flexibility index (Phi) is 3.99. The standard InChI is InChI=1S/C19H15BrO2/c1-12(13-6-2-5-9-17(13)19(21)22)14-10-11-18(20)16-8-4-3-7-15(14)16/h2-12H,1H3,(H,21,22)/t12-/m1/s1. The van der Waals surface area contributed by atoms with Crippen molar-refractivity contribution in [1.82, 2.24) is 0 Å². The molecule has 0 saturated carbocycles. The van der Waals surface area contributed by atoms with Crippen molar-refractivity contribution < 1.29 is 9.90 Å². The highest BCUT2D eigenvalue weighted by molar-refractivity contribution is 9.10. The molecule has 22 heavy (non-hydrogen) atoms. The Morgan fingerprint density at radius 3 is 2.27 bits per heavy atom. The van der Waals surface area contributed by atoms with Crippen molar-refractivity contribution in [1.29, 1.82) is 0 Å². The van der Waals surface area contributed by atoms with Gasteiger partial charge in [0.1, 0.15) is 0 Å². The second-order valence-electron chi connectivity index (χ2n) is 5.30. The van der Waals surface area contributed by atoms with Crippen molar-refractivity contribution in [2.75, 3.05) is 0 Å². The number of hydrogen-bond donors (Lipinski definition) is 1. The zero-order chi connectivity index (χ0) is 15.7. The number of benzene rings is 3. The summed E-state index contributed by atoms with van der Waals surface area (Å²) in [5.74, 6) is -0.880. The molecule has 0 heterocycles. The van der Waals surface area contributed by atoms with Crippen LogP contribution in [-0.4, -0.2) is 11.1 Å². The van der Waals surface area contributed by atoms with E-state index in [-0.39, 0.29) is 5.92 Å². The Bertz CT molecular complexity index is 855. The van der Waals surface area contributed by atoms with Crippen LogP contribution in [0.1, 0.15) is 34.3 Å². The molecular formula is C19H15BrO2. The number of rotatable bonds is 3. The van der Waals surface area contributed by atoms with Crippen molar-refractivity contribution in [3.05, 3.63) is 81.8 Å². The van der Waals surface area contributed by atoms with Crippen LogP contribution in [-0.2, 0) is 0 Å². The number of aromatic carboxylic acids is 1. The molecular weight excluding hydrogens is 340 g/mol. The predicted molar refractivity (Wildman–Crippen MR) is 92.6 cm³/mol. The number of carbonyl (C=O) groups is 1. The number of carboxylic acid groups (broad SMARTS) is 1. The third-order valence-corrected chi connectivity index (χ3v) is 4.72. The largest absolute Gasteiger partial charge is 0.478 e. The third kappa shape index (κ3) is 2.53. The van der Waals surface area contributed by atoms with Crippen LogP contribution >= 0.6 is 15.9 Å². The minimum atomic E-state index is -0.885. The summed E-state index contributed by atoms with van der Waals surface area (Å²) >= 11 is 3.58. The van der Waals surface area contributed by atoms with Gasteiger partial charge in [0.25, 0.3) is 0 Å². The van der Waals surface area contributed by atoms with Crippen LogP contribution in [0.4, 0.5) is 0 Å². The molecule has 0 saturated heterocycles. The summed E-state index contributed by atoms with van der Waals surface area (Å²) in [6.07, 6.45) is 0. The summed E-state index contributed by atoms with van der Waals surface area (Å²) in [7, 11) is 0. The maximum Gasteiger partial charge on any atom is 0.335 e. The van der Waals surface area contributed by atoms with Gasteiger partial charge >= 0.3 is 5.97 Å². The summed E-state index contributed by atoms with van der Waals surface area (Å²) in [6.45, 7) is 2.05. The van der Waals surface area contributed by atoms with Crippen LogP contribution in [0.5, 0.6) is 0 Å². The maximum atomic E-state index is 11.5. The fourth-order valence-electron chi connectivity index (χ4n) is 2.90. The first-order valence-electron chi connectivity index (χ1n) is 7.09. The number of fused-ring (bicyclic) bond motifs is 1. The van der Waals surface area contributed by atoms with Gasteiger partial charge in [-0.1, -0.05) is 71.4 Å². The molecule has 110 valence electrons. The van der Waals surface area contributed by atoms with E-state index < -0.39 is 5.97 Å². The van der Waals surface area contributed by atoms with Crippen molar-refractivity contribution >= 4 is 32.7 Å². The Hall–Kier alpha value is -2.13. The predicted octanol–water partition coefficient (Wildman–Crippen LogP) is 5.45. The fourth-order valence-corrected chi connectivity index (χ4v) is 3.38. The first kappa shape index (κ1) is 14.8. The highest BCUT2D eigenvalue weighted by Crippen LogP contribution is 2.35. The zero-order valence-electron chi connectivity index (χ0n) is 12.1. The quantitative estimate of drug-likeness (QED) is 0.678. The van der Waals surface area contributed by atoms with E-state index in [1.54, 1.807) is 12.1 Å². The first-order valence-corrected chi connectivity index (χ1v) is 7.88. The topological polar surface area (TPSA) is 37.3 Å². The molecule has 1 N–H and O–H groups in total. The smallest absolute Gasteiger partial charge is 0.335 e. The lowest BCUT2D eigenvalue weighted by molar-refractivity contribution is 0.0695. The minimum absolute atomic E-state index is 0.00491. The molecule has 0 unspecified atom stereocenters. The summed E-state index contributed by atoms with van der Waals surface area (Å²) in [4.78, 5) is 11.5. The lowest BCUT2D eigenvalue weighted by Gasteiger charge is -2.18. The molecule has 0 spiro atoms. The Labute approximate surface area is 137 Å². The molecule has 0 aliphatic carbocycles. The molecule has 0 bridgehead atoms. The van der Waals surface area contributed by atoms with Crippen LogP contribution in [0.15, 0.2) is 65.1 Å². The summed E-state index contributed by atoms with van der Waals surface area (Å²) in [6, 6.07) is 19.5. The van der Waals surface area contributed by atoms with E-state index >= 15 is 0 Å². The average Bonchev–Trinajstić information content (AvgIpc) is 2.55. The number of hydrogen-bond acceptors (Lipinski definition) is 1. The van der Waals surface area contributed by atoms with E-state index in [4.69, 9.17) is 0 Å². The van der Waals surface area contributed by atoms with Crippen LogP contribution in [0.25, 0.3) is 10.8 Å². The Balaban J connectivity index is 2.20. The molecule has 0 radical (unpaired) electrons. The van der Waals surface area contributed by atoms with Gasteiger partial charge in [0.05, 0.1) is 5.56 Å². The molecule has 0 aromatic heterocycles. The number of carboxylic acids is 1. The Morgan fingerprint density at radius 2 is 1.55 bits per heavy atom. The molecule has 0 fully saturated rings. The molecule has 3 aromatic rings. The Morgan fingerprint density at radius 1 is 0.909 bits per heavy atom. The molecule has 1 atom stereocenters. The van der Waals surface area contributed by atoms with Gasteiger partial charge in [0.15, 0.2) is 0 Å². The van der Waals surface area contributed by atoms with Crippen LogP contribution in [0.3, 0.4) is 0 Å². The van der Waals surface area contributed by atoms with Crippen molar-refractivity contribution in [2.45, 2.75) is 12.8 Å². The minimum Gasteiger partial charge on any atom is -0.478 e. The van der Waals surface area contributed by atoms with Crippen molar-refractivity contribution in [3.63, 3.8) is 0 Å². The molecule has 2 nitrogen and oxygen atoms in total. The van der Waals surface area contributed by atoms with Gasteiger partial charge in [-0.05, 0) is 34.0 Å². The van der Waals surface area contributed by atoms with Crippen molar-refractivity contribution in [2.24, 2.45) is 0 Å². The number of halogens is 1. The van der Waals surface area contributed by atoms with Crippen LogP contribution in [0.2, 0.25) is 0 Å². The zero-order valence-corrected chi connectivity index (χ0v) is 13.7. The molecule has 0 aliphatic heterocycles. The van der Waals surface area contributed by atoms with Gasteiger partial charge in [-0.15, -0.1) is 0 Å². The summed E-state index contributed by atoms with van der Waals surface area (Å²) in [5, 5.41) is 11.7. The average molecular weight is 355 g/mol. The van der Waals surface area contributed by atoms with Crippen LogP contribution < -0.4 is 0 Å². The van der Waals surface area contributed by atoms with Gasteiger partial charge in [0, 0.05) is 10.4 Å². The highest BCUT2D eigenvalue weighted by Gasteiger charge is 2.18. The normalized spacial score (nSPS) is 12.3. The highest BCUT2D eigenvalue weighted by atomic mass is 79.9. The van der Waals surface area contributed by atoms with Crippen molar-refractivity contribution in [3.8, 4) is 0 Å². The van der Waals surface area contributed by atoms with E-state index in [1.807, 2.05) is 30.3 Å². The monoisotopic (exact) mass is 354 g/mol. The van der Waals surface area contributed by atoms with E-state index in [9.17, 15) is 9.90 Å². The van der Waals surface area contributed by atoms with E-state index in [2.05, 4.69) is 41.1 Å². The van der Waals surface area contributed by atoms with E-state index in [0.717, 1.165) is 26.4 Å². The van der Waals surface area contributed by atoms with E-state index in [0.29, 0.717) is 5.56 Å². The lowest BCUT2D eigenvalue weighted by atomic mass is 9.87. The van der Waals surface area contributed by atoms with E-state index in [1.165, 1.54) is 0 Å². The third-order valence-electron chi connectivity index (χ3n) is 4.03. The van der Waals surface area contributed by atoms with Gasteiger partial charge in [0.2, 0.25) is 0 Å². The summed E-state index contributed by atoms with van der Waals surface area (Å²) < 4.78 is 1.05. The SMILES string of the molecule is C[C@H](c1ccccc1C(=O)O)c1ccc(Br)c2ccccc12. The molecule has 0 aliphatic rings. The first-order chi connectivity index (χ1) is 10.6. The molecule has 3 aromatic carbocycles. The molecule has 3 heteroatoms. The van der Waals surface area contributed by atoms with Crippen LogP contribution in [0, 0.1) is 0 Å². The molecule has 0 amide bonds. The second-order valence-corrected chi connectivity index (χ2v) is 6.15. The second kappa shape index (κ2) is 5.93. The van der Waals surface area contributed by atoms with Gasteiger partial charge in [-0.2, -0.15) is 0 Å². The van der Waals surface area contributed by atoms with Gasteiger partial charge in [-0.25, -0.2) is 4.79 Å². The molecule has 3 rings (SSSR count). The van der Waals surface area contributed by atoms with Gasteiger partial charge in [-0.3, -0.25) is 0 Å². The van der Waals surface area contributed by atoms with Gasteiger partial charge < -0.3 is 5.11 Å². The maximum absolute atomic E-state index is 11.5.